The second-order valence-electron chi connectivity index (χ2n) is 4.21. The molecule has 3 heteroatoms. The number of likely N-dealkylation sites (N-methyl/N-ethyl adjacent to an activating group) is 1. The molecule has 1 aromatic carbocycles. The van der Waals surface area contributed by atoms with Gasteiger partial charge in [-0.1, -0.05) is 6.92 Å². The van der Waals surface area contributed by atoms with Crippen LogP contribution in [0.25, 0.3) is 0 Å². The van der Waals surface area contributed by atoms with Crippen molar-refractivity contribution < 1.29 is 4.74 Å². The van der Waals surface area contributed by atoms with Crippen molar-refractivity contribution in [3.63, 3.8) is 0 Å². The van der Waals surface area contributed by atoms with Crippen molar-refractivity contribution in [1.82, 2.24) is 4.90 Å². The molecule has 1 rings (SSSR count). The topological polar surface area (TPSA) is 36.3 Å². The molecule has 0 aliphatic rings. The predicted octanol–water partition coefficient (Wildman–Crippen LogP) is 2.67. The maximum Gasteiger partial charge on any atom is 0.119 e. The lowest BCUT2D eigenvalue weighted by molar-refractivity contribution is 0.183. The lowest BCUT2D eigenvalue weighted by atomic mass is 10.2. The molecule has 92 valence electrons. The third kappa shape index (κ3) is 4.46. The molecule has 0 fully saturated rings. The van der Waals surface area contributed by atoms with Crippen LogP contribution < -0.4 is 4.74 Å². The van der Waals surface area contributed by atoms with Gasteiger partial charge < -0.3 is 4.74 Å². The third-order valence-corrected chi connectivity index (χ3v) is 2.77. The molecule has 0 N–H and O–H groups in total. The highest BCUT2D eigenvalue weighted by Gasteiger charge is 2.06. The molecule has 1 aromatic rings. The summed E-state index contributed by atoms with van der Waals surface area (Å²) in [4.78, 5) is 2.35. The van der Waals surface area contributed by atoms with E-state index in [1.807, 2.05) is 12.1 Å². The van der Waals surface area contributed by atoms with Gasteiger partial charge in [-0.2, -0.15) is 5.26 Å². The van der Waals surface area contributed by atoms with Crippen molar-refractivity contribution in [1.29, 1.82) is 5.26 Å². The van der Waals surface area contributed by atoms with Gasteiger partial charge in [0.2, 0.25) is 0 Å². The Labute approximate surface area is 104 Å². The van der Waals surface area contributed by atoms with Crippen LogP contribution in [0, 0.1) is 11.3 Å². The predicted molar refractivity (Wildman–Crippen MR) is 69.0 cm³/mol. The van der Waals surface area contributed by atoms with Gasteiger partial charge in [0.1, 0.15) is 12.4 Å². The number of rotatable bonds is 6. The van der Waals surface area contributed by atoms with Crippen LogP contribution in [0.1, 0.15) is 26.3 Å². The fraction of sp³-hybridized carbons (Fsp3) is 0.500. The average Bonchev–Trinajstić information content (AvgIpc) is 2.35. The molecule has 0 saturated carbocycles. The average molecular weight is 232 g/mol. The highest BCUT2D eigenvalue weighted by molar-refractivity contribution is 5.34. The van der Waals surface area contributed by atoms with Gasteiger partial charge in [0.05, 0.1) is 11.6 Å². The molecular formula is C14H20N2O. The standard InChI is InChI=1S/C14H20N2O/c1-4-16(12(2)3)9-10-17-14-7-5-13(11-15)6-8-14/h5-8,12H,4,9-10H2,1-3H3. The molecular weight excluding hydrogens is 212 g/mol. The first-order chi connectivity index (χ1) is 8.17. The Kier molecular flexibility index (Phi) is 5.51. The van der Waals surface area contributed by atoms with Crippen LogP contribution >= 0.6 is 0 Å². The lowest BCUT2D eigenvalue weighted by Gasteiger charge is -2.24. The number of nitriles is 1. The summed E-state index contributed by atoms with van der Waals surface area (Å²) in [5, 5.41) is 8.67. The molecule has 0 amide bonds. The van der Waals surface area contributed by atoms with Crippen molar-refractivity contribution >= 4 is 0 Å². The Balaban J connectivity index is 2.37. The van der Waals surface area contributed by atoms with Gasteiger partial charge in [-0.3, -0.25) is 4.90 Å². The zero-order chi connectivity index (χ0) is 12.7. The van der Waals surface area contributed by atoms with Crippen molar-refractivity contribution in [2.45, 2.75) is 26.8 Å². The van der Waals surface area contributed by atoms with E-state index in [9.17, 15) is 0 Å². The van der Waals surface area contributed by atoms with E-state index in [1.165, 1.54) is 0 Å². The molecule has 0 aliphatic carbocycles. The van der Waals surface area contributed by atoms with Gasteiger partial charge in [-0.05, 0) is 44.7 Å². The highest BCUT2D eigenvalue weighted by Crippen LogP contribution is 2.11. The molecule has 17 heavy (non-hydrogen) atoms. The first kappa shape index (κ1) is 13.5. The molecule has 3 nitrogen and oxygen atoms in total. The van der Waals surface area contributed by atoms with Crippen LogP contribution in [0.15, 0.2) is 24.3 Å². The Hall–Kier alpha value is -1.53. The van der Waals surface area contributed by atoms with Crippen LogP contribution in [-0.4, -0.2) is 30.6 Å². The van der Waals surface area contributed by atoms with E-state index in [0.29, 0.717) is 18.2 Å². The van der Waals surface area contributed by atoms with Crippen molar-refractivity contribution in [3.8, 4) is 11.8 Å². The summed E-state index contributed by atoms with van der Waals surface area (Å²) in [6.07, 6.45) is 0. The highest BCUT2D eigenvalue weighted by atomic mass is 16.5. The van der Waals surface area contributed by atoms with Crippen molar-refractivity contribution in [2.24, 2.45) is 0 Å². The Morgan fingerprint density at radius 3 is 2.41 bits per heavy atom. The van der Waals surface area contributed by atoms with Crippen LogP contribution in [-0.2, 0) is 0 Å². The molecule has 0 aromatic heterocycles. The van der Waals surface area contributed by atoms with Gasteiger partial charge in [0.15, 0.2) is 0 Å². The lowest BCUT2D eigenvalue weighted by Crippen LogP contribution is -2.34. The quantitative estimate of drug-likeness (QED) is 0.756. The van der Waals surface area contributed by atoms with Crippen LogP contribution in [0.4, 0.5) is 0 Å². The smallest absolute Gasteiger partial charge is 0.119 e. The monoisotopic (exact) mass is 232 g/mol. The van der Waals surface area contributed by atoms with Gasteiger partial charge in [-0.25, -0.2) is 0 Å². The number of hydrogen-bond donors (Lipinski definition) is 0. The minimum atomic E-state index is 0.546. The summed E-state index contributed by atoms with van der Waals surface area (Å²) in [6, 6.07) is 9.86. The van der Waals surface area contributed by atoms with E-state index in [-0.39, 0.29) is 0 Å². The van der Waals surface area contributed by atoms with E-state index in [1.54, 1.807) is 12.1 Å². The maximum absolute atomic E-state index is 8.67. The summed E-state index contributed by atoms with van der Waals surface area (Å²) in [5.41, 5.74) is 0.662. The van der Waals surface area contributed by atoms with Crippen LogP contribution in [0.2, 0.25) is 0 Å². The number of hydrogen-bond acceptors (Lipinski definition) is 3. The minimum Gasteiger partial charge on any atom is -0.492 e. The van der Waals surface area contributed by atoms with Gasteiger partial charge in [0, 0.05) is 12.6 Å². The zero-order valence-corrected chi connectivity index (χ0v) is 10.8. The Morgan fingerprint density at radius 1 is 1.29 bits per heavy atom. The van der Waals surface area contributed by atoms with Gasteiger partial charge in [-0.15, -0.1) is 0 Å². The van der Waals surface area contributed by atoms with Crippen LogP contribution in [0.3, 0.4) is 0 Å². The Morgan fingerprint density at radius 2 is 1.94 bits per heavy atom. The van der Waals surface area contributed by atoms with Crippen LogP contribution in [0.5, 0.6) is 5.75 Å². The zero-order valence-electron chi connectivity index (χ0n) is 10.8. The molecule has 0 heterocycles. The Bertz CT molecular complexity index is 365. The van der Waals surface area contributed by atoms with E-state index in [2.05, 4.69) is 31.7 Å². The molecule has 0 radical (unpaired) electrons. The first-order valence-corrected chi connectivity index (χ1v) is 6.04. The van der Waals surface area contributed by atoms with E-state index < -0.39 is 0 Å². The third-order valence-electron chi connectivity index (χ3n) is 2.77. The van der Waals surface area contributed by atoms with Gasteiger partial charge in [0.25, 0.3) is 0 Å². The SMILES string of the molecule is CCN(CCOc1ccc(C#N)cc1)C(C)C. The molecule has 0 unspecified atom stereocenters. The largest absolute Gasteiger partial charge is 0.492 e. The summed E-state index contributed by atoms with van der Waals surface area (Å²) in [7, 11) is 0. The molecule has 0 spiro atoms. The van der Waals surface area contributed by atoms with Gasteiger partial charge >= 0.3 is 0 Å². The van der Waals surface area contributed by atoms with E-state index in [0.717, 1.165) is 18.8 Å². The van der Waals surface area contributed by atoms with E-state index in [4.69, 9.17) is 10.00 Å². The number of benzene rings is 1. The number of nitrogens with zero attached hydrogens (tertiary/aromatic N) is 2. The van der Waals surface area contributed by atoms with Crippen molar-refractivity contribution in [3.05, 3.63) is 29.8 Å². The molecule has 0 saturated heterocycles. The fourth-order valence-corrected chi connectivity index (χ4v) is 1.69. The normalized spacial score (nSPS) is 10.6. The molecule has 0 atom stereocenters. The molecule has 0 aliphatic heterocycles. The van der Waals surface area contributed by atoms with Crippen molar-refractivity contribution in [2.75, 3.05) is 19.7 Å². The summed E-state index contributed by atoms with van der Waals surface area (Å²) >= 11 is 0. The fourth-order valence-electron chi connectivity index (χ4n) is 1.69. The molecule has 0 bridgehead atoms. The van der Waals surface area contributed by atoms with E-state index >= 15 is 0 Å². The first-order valence-electron chi connectivity index (χ1n) is 6.04. The second-order valence-corrected chi connectivity index (χ2v) is 4.21. The minimum absolute atomic E-state index is 0.546. The summed E-state index contributed by atoms with van der Waals surface area (Å²) in [5.74, 6) is 0.823. The summed E-state index contributed by atoms with van der Waals surface area (Å²) < 4.78 is 5.64. The maximum atomic E-state index is 8.67. The second kappa shape index (κ2) is 6.93. The summed E-state index contributed by atoms with van der Waals surface area (Å²) in [6.45, 7) is 9.17. The number of ether oxygens (including phenoxy) is 1.